The van der Waals surface area contributed by atoms with Crippen molar-refractivity contribution in [2.45, 2.75) is 19.9 Å². The number of nitrogens with zero attached hydrogens (tertiary/aromatic N) is 3. The first-order chi connectivity index (χ1) is 10.6. The zero-order valence-corrected chi connectivity index (χ0v) is 12.8. The molecule has 1 aromatic carbocycles. The lowest BCUT2D eigenvalue weighted by molar-refractivity contribution is -0.116. The third-order valence-electron chi connectivity index (χ3n) is 3.48. The second-order valence-electron chi connectivity index (χ2n) is 4.95. The van der Waals surface area contributed by atoms with Gasteiger partial charge in [-0.2, -0.15) is 0 Å². The van der Waals surface area contributed by atoms with Crippen molar-refractivity contribution in [3.05, 3.63) is 46.9 Å². The highest BCUT2D eigenvalue weighted by Crippen LogP contribution is 2.30. The van der Waals surface area contributed by atoms with E-state index in [4.69, 9.17) is 0 Å². The molecule has 0 radical (unpaired) electrons. The van der Waals surface area contributed by atoms with Crippen molar-refractivity contribution in [3.63, 3.8) is 0 Å². The molecule has 0 bridgehead atoms. The van der Waals surface area contributed by atoms with Gasteiger partial charge in [0.2, 0.25) is 0 Å². The quantitative estimate of drug-likeness (QED) is 0.814. The maximum absolute atomic E-state index is 12.9. The van der Waals surface area contributed by atoms with Gasteiger partial charge in [-0.05, 0) is 24.1 Å². The zero-order chi connectivity index (χ0) is 15.7. The van der Waals surface area contributed by atoms with Gasteiger partial charge in [0.15, 0.2) is 0 Å². The van der Waals surface area contributed by atoms with Crippen molar-refractivity contribution in [1.82, 2.24) is 9.88 Å². The van der Waals surface area contributed by atoms with Crippen molar-refractivity contribution in [1.29, 1.82) is 0 Å². The largest absolute Gasteiger partial charge is 0.332 e. The van der Waals surface area contributed by atoms with Gasteiger partial charge < -0.3 is 4.90 Å². The van der Waals surface area contributed by atoms with Crippen molar-refractivity contribution in [3.8, 4) is 0 Å². The topological polar surface area (TPSA) is 53.5 Å². The van der Waals surface area contributed by atoms with Crippen molar-refractivity contribution < 1.29 is 14.0 Å². The van der Waals surface area contributed by atoms with Gasteiger partial charge in [0.1, 0.15) is 17.4 Å². The summed E-state index contributed by atoms with van der Waals surface area (Å²) in [7, 11) is 0. The van der Waals surface area contributed by atoms with E-state index < -0.39 is 0 Å². The summed E-state index contributed by atoms with van der Waals surface area (Å²) < 4.78 is 12.9. The predicted molar refractivity (Wildman–Crippen MR) is 81.2 cm³/mol. The number of rotatable bonds is 4. The molecule has 0 saturated carbocycles. The molecule has 1 fully saturated rings. The van der Waals surface area contributed by atoms with Gasteiger partial charge in [-0.3, -0.25) is 4.79 Å². The number of thiazole rings is 1. The summed E-state index contributed by atoms with van der Waals surface area (Å²) in [6.45, 7) is 2.23. The molecule has 0 unspecified atom stereocenters. The summed E-state index contributed by atoms with van der Waals surface area (Å²) in [4.78, 5) is 31.5. The number of benzene rings is 1. The minimum absolute atomic E-state index is 0.0251. The summed E-state index contributed by atoms with van der Waals surface area (Å²) in [6, 6.07) is 5.55. The van der Waals surface area contributed by atoms with Gasteiger partial charge in [0, 0.05) is 6.54 Å². The molecule has 22 heavy (non-hydrogen) atoms. The Bertz CT molecular complexity index is 714. The lowest BCUT2D eigenvalue weighted by Crippen LogP contribution is -2.32. The van der Waals surface area contributed by atoms with Crippen LogP contribution in [0.3, 0.4) is 0 Å². The highest BCUT2D eigenvalue weighted by molar-refractivity contribution is 7.14. The second kappa shape index (κ2) is 5.84. The summed E-state index contributed by atoms with van der Waals surface area (Å²) in [5.74, 6) is -0.586. The van der Waals surface area contributed by atoms with Crippen molar-refractivity contribution in [2.24, 2.45) is 0 Å². The van der Waals surface area contributed by atoms with Crippen molar-refractivity contribution >= 4 is 28.3 Å². The number of urea groups is 1. The van der Waals surface area contributed by atoms with Gasteiger partial charge in [0.05, 0.1) is 11.2 Å². The number of anilines is 1. The van der Waals surface area contributed by atoms with E-state index in [1.165, 1.54) is 33.3 Å². The smallest absolute Gasteiger partial charge is 0.310 e. The number of hydrogen-bond acceptors (Lipinski definition) is 4. The number of aromatic nitrogens is 1. The molecule has 0 spiro atoms. The Morgan fingerprint density at radius 1 is 1.27 bits per heavy atom. The fraction of sp³-hybridized carbons (Fsp3) is 0.267. The van der Waals surface area contributed by atoms with Crippen LogP contribution in [0.5, 0.6) is 0 Å². The van der Waals surface area contributed by atoms with Crippen LogP contribution in [0, 0.1) is 5.82 Å². The van der Waals surface area contributed by atoms with Gasteiger partial charge >= 0.3 is 6.03 Å². The van der Waals surface area contributed by atoms with E-state index in [0.717, 1.165) is 11.3 Å². The molecule has 0 N–H and O–H groups in total. The Labute approximate surface area is 131 Å². The Morgan fingerprint density at radius 3 is 2.68 bits per heavy atom. The third-order valence-corrected chi connectivity index (χ3v) is 4.33. The summed E-state index contributed by atoms with van der Waals surface area (Å²) in [5, 5.41) is 0.596. The zero-order valence-electron chi connectivity index (χ0n) is 12.0. The van der Waals surface area contributed by atoms with Crippen LogP contribution in [0.2, 0.25) is 0 Å². The lowest BCUT2D eigenvalue weighted by Gasteiger charge is -2.16. The average molecular weight is 319 g/mol. The van der Waals surface area contributed by atoms with E-state index >= 15 is 0 Å². The average Bonchev–Trinajstić information content (AvgIpc) is 3.06. The Kier molecular flexibility index (Phi) is 3.89. The maximum atomic E-state index is 12.9. The molecule has 114 valence electrons. The Morgan fingerprint density at radius 2 is 2.00 bits per heavy atom. The molecule has 1 aliphatic heterocycles. The highest BCUT2D eigenvalue weighted by Gasteiger charge is 2.38. The van der Waals surface area contributed by atoms with E-state index in [2.05, 4.69) is 4.98 Å². The molecule has 3 rings (SSSR count). The monoisotopic (exact) mass is 319 g/mol. The Balaban J connectivity index is 1.81. The van der Waals surface area contributed by atoms with Crippen LogP contribution in [0.4, 0.5) is 14.2 Å². The molecule has 0 aliphatic carbocycles. The van der Waals surface area contributed by atoms with Gasteiger partial charge in [-0.15, -0.1) is 11.3 Å². The number of hydrogen-bond donors (Lipinski definition) is 0. The second-order valence-corrected chi connectivity index (χ2v) is 5.79. The number of aryl methyl sites for hydroxylation is 1. The molecular weight excluding hydrogens is 305 g/mol. The summed E-state index contributed by atoms with van der Waals surface area (Å²) in [5.41, 5.74) is 3.16. The van der Waals surface area contributed by atoms with E-state index in [0.29, 0.717) is 11.4 Å². The first kappa shape index (κ1) is 14.6. The SMILES string of the molecule is CCc1ncsc1N1C(=O)CN(Cc2ccc(F)cc2)C1=O. The number of halogens is 1. The van der Waals surface area contributed by atoms with Crippen molar-refractivity contribution in [2.75, 3.05) is 11.4 Å². The summed E-state index contributed by atoms with van der Waals surface area (Å²) >= 11 is 1.29. The standard InChI is InChI=1S/C15H14FN3O2S/c1-2-12-14(22-9-17-12)19-13(20)8-18(15(19)21)7-10-3-5-11(16)6-4-10/h3-6,9H,2,7-8H2,1H3. The maximum Gasteiger partial charge on any atom is 0.332 e. The van der Waals surface area contributed by atoms with Crippen LogP contribution in [0.1, 0.15) is 18.2 Å². The first-order valence-electron chi connectivity index (χ1n) is 6.88. The number of amides is 3. The molecular formula is C15H14FN3O2S. The highest BCUT2D eigenvalue weighted by atomic mass is 32.1. The van der Waals surface area contributed by atoms with Crippen LogP contribution in [-0.2, 0) is 17.8 Å². The van der Waals surface area contributed by atoms with Crippen LogP contribution in [-0.4, -0.2) is 28.4 Å². The summed E-state index contributed by atoms with van der Waals surface area (Å²) in [6.07, 6.45) is 0.661. The molecule has 5 nitrogen and oxygen atoms in total. The molecule has 2 heterocycles. The fourth-order valence-electron chi connectivity index (χ4n) is 2.37. The van der Waals surface area contributed by atoms with Crippen LogP contribution < -0.4 is 4.90 Å². The molecule has 7 heteroatoms. The van der Waals surface area contributed by atoms with E-state index in [-0.39, 0.29) is 30.8 Å². The minimum Gasteiger partial charge on any atom is -0.310 e. The van der Waals surface area contributed by atoms with Crippen LogP contribution >= 0.6 is 11.3 Å². The van der Waals surface area contributed by atoms with Gasteiger partial charge in [0.25, 0.3) is 5.91 Å². The van der Waals surface area contributed by atoms with E-state index in [1.54, 1.807) is 17.6 Å². The Hall–Kier alpha value is -2.28. The van der Waals surface area contributed by atoms with Gasteiger partial charge in [-0.25, -0.2) is 19.1 Å². The molecule has 1 saturated heterocycles. The third kappa shape index (κ3) is 2.59. The number of carbonyl (C=O) groups is 2. The normalized spacial score (nSPS) is 15.0. The molecule has 1 aromatic heterocycles. The van der Waals surface area contributed by atoms with Gasteiger partial charge in [-0.1, -0.05) is 19.1 Å². The van der Waals surface area contributed by atoms with E-state index in [9.17, 15) is 14.0 Å². The molecule has 0 atom stereocenters. The molecule has 2 aromatic rings. The fourth-order valence-corrected chi connectivity index (χ4v) is 3.27. The lowest BCUT2D eigenvalue weighted by atomic mass is 10.2. The number of imide groups is 1. The van der Waals surface area contributed by atoms with E-state index in [1.807, 2.05) is 6.92 Å². The number of carbonyl (C=O) groups excluding carboxylic acids is 2. The molecule has 3 amide bonds. The first-order valence-corrected chi connectivity index (χ1v) is 7.76. The molecule has 1 aliphatic rings. The minimum atomic E-state index is -0.353. The van der Waals surface area contributed by atoms with Crippen LogP contribution in [0.15, 0.2) is 29.8 Å². The van der Waals surface area contributed by atoms with Crippen LogP contribution in [0.25, 0.3) is 0 Å². The predicted octanol–water partition coefficient (Wildman–Crippen LogP) is 2.81.